The maximum atomic E-state index is 11.6. The van der Waals surface area contributed by atoms with Crippen molar-refractivity contribution in [3.8, 4) is 11.8 Å². The van der Waals surface area contributed by atoms with Gasteiger partial charge in [-0.3, -0.25) is 15.2 Å². The summed E-state index contributed by atoms with van der Waals surface area (Å²) in [4.78, 5) is 26.9. The highest BCUT2D eigenvalue weighted by Crippen LogP contribution is 2.01. The van der Waals surface area contributed by atoms with Crippen LogP contribution in [0.1, 0.15) is 27.9 Å². The van der Waals surface area contributed by atoms with Gasteiger partial charge in [0, 0.05) is 30.9 Å². The number of nitrogens with one attached hydrogen (secondary N) is 2. The van der Waals surface area contributed by atoms with E-state index in [1.165, 1.54) is 6.20 Å². The van der Waals surface area contributed by atoms with Crippen molar-refractivity contribution in [1.82, 2.24) is 15.7 Å². The first-order chi connectivity index (χ1) is 12.2. The highest BCUT2D eigenvalue weighted by Gasteiger charge is 2.03. The van der Waals surface area contributed by atoms with Crippen LogP contribution in [0.25, 0.3) is 0 Å². The third-order valence-corrected chi connectivity index (χ3v) is 3.10. The standard InChI is InChI=1S/C18H18N4O3/c19-22-17(23)16-10-15(11-20-12-16)8-4-5-9-21-18(24)25-13-14-6-2-1-3-7-14/h1-3,6-7,10-12H,5,9,13,19H2,(H,21,24)(H,22,23). The predicted octanol–water partition coefficient (Wildman–Crippen LogP) is 1.35. The second kappa shape index (κ2) is 9.70. The van der Waals surface area contributed by atoms with Gasteiger partial charge in [-0.2, -0.15) is 0 Å². The number of amides is 2. The van der Waals surface area contributed by atoms with E-state index in [2.05, 4.69) is 22.1 Å². The SMILES string of the molecule is NNC(=O)c1cncc(C#CCCNC(=O)OCc2ccccc2)c1. The average molecular weight is 338 g/mol. The molecule has 0 saturated heterocycles. The van der Waals surface area contributed by atoms with E-state index in [-0.39, 0.29) is 6.61 Å². The molecular formula is C18H18N4O3. The molecule has 4 N–H and O–H groups in total. The molecule has 0 fully saturated rings. The second-order valence-electron chi connectivity index (χ2n) is 4.98. The summed E-state index contributed by atoms with van der Waals surface area (Å²) in [5.74, 6) is 10.4. The largest absolute Gasteiger partial charge is 0.445 e. The first kappa shape index (κ1) is 18.0. The average Bonchev–Trinajstić information content (AvgIpc) is 2.66. The molecule has 2 aromatic rings. The number of carbonyl (C=O) groups excluding carboxylic acids is 2. The molecule has 128 valence electrons. The summed E-state index contributed by atoms with van der Waals surface area (Å²) in [6, 6.07) is 11.0. The number of nitrogens with zero attached hydrogens (tertiary/aromatic N) is 1. The zero-order chi connectivity index (χ0) is 17.9. The number of nitrogen functional groups attached to an aromatic ring is 1. The third-order valence-electron chi connectivity index (χ3n) is 3.10. The van der Waals surface area contributed by atoms with Crippen molar-refractivity contribution in [3.63, 3.8) is 0 Å². The van der Waals surface area contributed by atoms with Gasteiger partial charge in [0.2, 0.25) is 0 Å². The van der Waals surface area contributed by atoms with Crippen LogP contribution in [-0.2, 0) is 11.3 Å². The van der Waals surface area contributed by atoms with Gasteiger partial charge in [0.25, 0.3) is 5.91 Å². The fourth-order valence-corrected chi connectivity index (χ4v) is 1.88. The van der Waals surface area contributed by atoms with Crippen LogP contribution in [0.4, 0.5) is 4.79 Å². The number of alkyl carbamates (subject to hydrolysis) is 1. The smallest absolute Gasteiger partial charge is 0.407 e. The van der Waals surface area contributed by atoms with Gasteiger partial charge >= 0.3 is 6.09 Å². The van der Waals surface area contributed by atoms with Crippen LogP contribution in [0, 0.1) is 11.8 Å². The van der Waals surface area contributed by atoms with Gasteiger partial charge < -0.3 is 10.1 Å². The van der Waals surface area contributed by atoms with Gasteiger partial charge in [0.1, 0.15) is 6.61 Å². The Morgan fingerprint density at radius 2 is 2.00 bits per heavy atom. The highest BCUT2D eigenvalue weighted by molar-refractivity contribution is 5.93. The molecule has 1 aromatic carbocycles. The molecule has 2 amide bonds. The first-order valence-electron chi connectivity index (χ1n) is 7.58. The molecule has 0 radical (unpaired) electrons. The molecule has 1 heterocycles. The molecule has 0 aliphatic carbocycles. The van der Waals surface area contributed by atoms with E-state index in [0.29, 0.717) is 24.1 Å². The second-order valence-corrected chi connectivity index (χ2v) is 4.98. The van der Waals surface area contributed by atoms with Crippen LogP contribution >= 0.6 is 0 Å². The molecule has 0 atom stereocenters. The Morgan fingerprint density at radius 3 is 2.76 bits per heavy atom. The molecule has 0 spiro atoms. The molecule has 0 bridgehead atoms. The highest BCUT2D eigenvalue weighted by atomic mass is 16.5. The van der Waals surface area contributed by atoms with Gasteiger partial charge in [0.15, 0.2) is 0 Å². The quantitative estimate of drug-likeness (QED) is 0.251. The molecule has 7 nitrogen and oxygen atoms in total. The summed E-state index contributed by atoms with van der Waals surface area (Å²) < 4.78 is 5.08. The Bertz CT molecular complexity index is 782. The number of pyridine rings is 1. The number of nitrogens with two attached hydrogens (primary N) is 1. The van der Waals surface area contributed by atoms with Gasteiger partial charge in [-0.05, 0) is 11.6 Å². The number of benzene rings is 1. The summed E-state index contributed by atoms with van der Waals surface area (Å²) in [6.45, 7) is 0.580. The van der Waals surface area contributed by atoms with Crippen LogP contribution in [0.3, 0.4) is 0 Å². The maximum absolute atomic E-state index is 11.6. The normalized spacial score (nSPS) is 9.48. The van der Waals surface area contributed by atoms with E-state index < -0.39 is 12.0 Å². The van der Waals surface area contributed by atoms with Crippen LogP contribution in [0.15, 0.2) is 48.8 Å². The van der Waals surface area contributed by atoms with Crippen LogP contribution < -0.4 is 16.6 Å². The van der Waals surface area contributed by atoms with E-state index >= 15 is 0 Å². The molecule has 0 aliphatic heterocycles. The Balaban J connectivity index is 1.72. The predicted molar refractivity (Wildman–Crippen MR) is 92.0 cm³/mol. The number of carbonyl (C=O) groups is 2. The van der Waals surface area contributed by atoms with E-state index in [1.54, 1.807) is 12.3 Å². The van der Waals surface area contributed by atoms with Crippen LogP contribution in [-0.4, -0.2) is 23.5 Å². The summed E-state index contributed by atoms with van der Waals surface area (Å²) in [5.41, 5.74) is 3.88. The summed E-state index contributed by atoms with van der Waals surface area (Å²) in [7, 11) is 0. The third kappa shape index (κ3) is 6.33. The van der Waals surface area contributed by atoms with Gasteiger partial charge in [-0.25, -0.2) is 10.6 Å². The number of hydrazine groups is 1. The lowest BCUT2D eigenvalue weighted by Crippen LogP contribution is -2.30. The number of rotatable bonds is 5. The van der Waals surface area contributed by atoms with Crippen LogP contribution in [0.2, 0.25) is 0 Å². The van der Waals surface area contributed by atoms with Gasteiger partial charge in [-0.15, -0.1) is 0 Å². The van der Waals surface area contributed by atoms with E-state index in [1.807, 2.05) is 35.8 Å². The Hall–Kier alpha value is -3.37. The molecule has 0 aliphatic rings. The zero-order valence-corrected chi connectivity index (χ0v) is 13.5. The van der Waals surface area contributed by atoms with Gasteiger partial charge in [-0.1, -0.05) is 42.2 Å². The molecule has 0 unspecified atom stereocenters. The monoisotopic (exact) mass is 338 g/mol. The summed E-state index contributed by atoms with van der Waals surface area (Å²) in [6.07, 6.45) is 2.89. The van der Waals surface area contributed by atoms with Crippen molar-refractivity contribution in [2.24, 2.45) is 5.84 Å². The summed E-state index contributed by atoms with van der Waals surface area (Å²) >= 11 is 0. The van der Waals surface area contributed by atoms with E-state index in [9.17, 15) is 9.59 Å². The van der Waals surface area contributed by atoms with Crippen molar-refractivity contribution in [1.29, 1.82) is 0 Å². The first-order valence-corrected chi connectivity index (χ1v) is 7.58. The van der Waals surface area contributed by atoms with Crippen LogP contribution in [0.5, 0.6) is 0 Å². The summed E-state index contributed by atoms with van der Waals surface area (Å²) in [5, 5.41) is 2.62. The fraction of sp³-hybridized carbons (Fsp3) is 0.167. The number of hydrogen-bond acceptors (Lipinski definition) is 5. The van der Waals surface area contributed by atoms with E-state index in [4.69, 9.17) is 10.6 Å². The van der Waals surface area contributed by atoms with Gasteiger partial charge in [0.05, 0.1) is 5.56 Å². The minimum Gasteiger partial charge on any atom is -0.445 e. The molecule has 1 aromatic heterocycles. The number of hydrogen-bond donors (Lipinski definition) is 3. The van der Waals surface area contributed by atoms with Crippen molar-refractivity contribution in [2.75, 3.05) is 6.54 Å². The topological polar surface area (TPSA) is 106 Å². The number of ether oxygens (including phenoxy) is 1. The van der Waals surface area contributed by atoms with Crippen molar-refractivity contribution in [2.45, 2.75) is 13.0 Å². The minimum atomic E-state index is -0.492. The fourth-order valence-electron chi connectivity index (χ4n) is 1.88. The lowest BCUT2D eigenvalue weighted by Gasteiger charge is -2.05. The Labute approximate surface area is 145 Å². The van der Waals surface area contributed by atoms with Crippen molar-refractivity contribution >= 4 is 12.0 Å². The van der Waals surface area contributed by atoms with Crippen molar-refractivity contribution < 1.29 is 14.3 Å². The van der Waals surface area contributed by atoms with Crippen molar-refractivity contribution in [3.05, 3.63) is 65.5 Å². The minimum absolute atomic E-state index is 0.222. The maximum Gasteiger partial charge on any atom is 0.407 e. The Kier molecular flexibility index (Phi) is 6.97. The lowest BCUT2D eigenvalue weighted by molar-refractivity contribution is 0.0953. The molecular weight excluding hydrogens is 320 g/mol. The molecule has 2 rings (SSSR count). The molecule has 0 saturated carbocycles. The molecule has 7 heteroatoms. The molecule has 25 heavy (non-hydrogen) atoms. The lowest BCUT2D eigenvalue weighted by atomic mass is 10.2. The zero-order valence-electron chi connectivity index (χ0n) is 13.5. The van der Waals surface area contributed by atoms with E-state index in [0.717, 1.165) is 5.56 Å². The number of aromatic nitrogens is 1. The Morgan fingerprint density at radius 1 is 1.20 bits per heavy atom.